The average Bonchev–Trinajstić information content (AvgIpc) is 2.49. The van der Waals surface area contributed by atoms with Crippen molar-refractivity contribution in [3.05, 3.63) is 69.7 Å². The molecule has 0 fully saturated rings. The molecule has 6 heteroatoms. The lowest BCUT2D eigenvalue weighted by Gasteiger charge is -2.25. The van der Waals surface area contributed by atoms with Crippen molar-refractivity contribution in [1.29, 1.82) is 0 Å². The number of hydrogen-bond donors (Lipinski definition) is 1. The highest BCUT2D eigenvalue weighted by Crippen LogP contribution is 2.20. The molecule has 0 aliphatic heterocycles. The van der Waals surface area contributed by atoms with Gasteiger partial charge in [0.2, 0.25) is 0 Å². The van der Waals surface area contributed by atoms with Gasteiger partial charge >= 0.3 is 0 Å². The Bertz CT molecular complexity index is 707. The quantitative estimate of drug-likeness (QED) is 0.853. The fourth-order valence-corrected chi connectivity index (χ4v) is 2.70. The summed E-state index contributed by atoms with van der Waals surface area (Å²) in [6, 6.07) is 9.99. The number of nitrogens with zero attached hydrogens (tertiary/aromatic N) is 1. The third kappa shape index (κ3) is 4.59. The summed E-state index contributed by atoms with van der Waals surface area (Å²) in [5.74, 6) is -1.19. The highest BCUT2D eigenvalue weighted by atomic mass is 79.9. The average molecular weight is 383 g/mol. The number of carbonyl (C=O) groups excluding carboxylic acids is 1. The van der Waals surface area contributed by atoms with Gasteiger partial charge in [0.05, 0.1) is 11.6 Å². The van der Waals surface area contributed by atoms with Crippen molar-refractivity contribution in [3.8, 4) is 0 Å². The van der Waals surface area contributed by atoms with Gasteiger partial charge in [-0.25, -0.2) is 8.78 Å². The number of halogens is 3. The monoisotopic (exact) mass is 382 g/mol. The topological polar surface area (TPSA) is 32.3 Å². The highest BCUT2D eigenvalue weighted by Gasteiger charge is 2.17. The molecular weight excluding hydrogens is 366 g/mol. The van der Waals surface area contributed by atoms with Gasteiger partial charge in [0.15, 0.2) is 0 Å². The largest absolute Gasteiger partial charge is 0.350 e. The van der Waals surface area contributed by atoms with E-state index in [1.165, 1.54) is 30.3 Å². The minimum Gasteiger partial charge on any atom is -0.350 e. The summed E-state index contributed by atoms with van der Waals surface area (Å²) in [5.41, 5.74) is 0.982. The zero-order valence-corrected chi connectivity index (χ0v) is 14.4. The van der Waals surface area contributed by atoms with Crippen LogP contribution in [-0.2, 0) is 0 Å². The summed E-state index contributed by atoms with van der Waals surface area (Å²) in [5, 5.41) is 2.77. The van der Waals surface area contributed by atoms with Crippen molar-refractivity contribution in [2.24, 2.45) is 0 Å². The van der Waals surface area contributed by atoms with Crippen LogP contribution in [0, 0.1) is 11.6 Å². The molecule has 1 unspecified atom stereocenters. The summed E-state index contributed by atoms with van der Waals surface area (Å²) in [6.45, 7) is 0.276. The molecule has 23 heavy (non-hydrogen) atoms. The molecule has 0 heterocycles. The number of benzene rings is 2. The third-order valence-electron chi connectivity index (χ3n) is 3.49. The number of nitrogens with one attached hydrogen (secondary N) is 1. The van der Waals surface area contributed by atoms with Gasteiger partial charge < -0.3 is 10.2 Å². The van der Waals surface area contributed by atoms with E-state index in [0.717, 1.165) is 5.56 Å². The molecule has 2 aromatic carbocycles. The van der Waals surface area contributed by atoms with Crippen LogP contribution in [0.25, 0.3) is 0 Å². The van der Waals surface area contributed by atoms with Gasteiger partial charge in [0.25, 0.3) is 5.91 Å². The Kier molecular flexibility index (Phi) is 5.85. The maximum absolute atomic E-state index is 13.4. The molecule has 2 aromatic rings. The third-order valence-corrected chi connectivity index (χ3v) is 4.18. The smallest absolute Gasteiger partial charge is 0.252 e. The number of amides is 1. The SMILES string of the molecule is CN(C)C(CNC(=O)c1cc(F)ccc1Br)c1cccc(F)c1. The number of hydrogen-bond acceptors (Lipinski definition) is 2. The summed E-state index contributed by atoms with van der Waals surface area (Å²) in [4.78, 5) is 14.1. The minimum atomic E-state index is -0.479. The molecule has 0 radical (unpaired) electrons. The summed E-state index contributed by atoms with van der Waals surface area (Å²) < 4.78 is 27.2. The van der Waals surface area contributed by atoms with E-state index in [1.807, 2.05) is 19.0 Å². The highest BCUT2D eigenvalue weighted by molar-refractivity contribution is 9.10. The fraction of sp³-hybridized carbons (Fsp3) is 0.235. The van der Waals surface area contributed by atoms with E-state index in [0.29, 0.717) is 4.47 Å². The molecule has 0 aliphatic carbocycles. The van der Waals surface area contributed by atoms with Gasteiger partial charge in [-0.2, -0.15) is 0 Å². The Labute approximate surface area is 142 Å². The molecule has 0 aromatic heterocycles. The first-order chi connectivity index (χ1) is 10.9. The molecule has 0 bridgehead atoms. The van der Waals surface area contributed by atoms with E-state index in [9.17, 15) is 13.6 Å². The molecule has 122 valence electrons. The van der Waals surface area contributed by atoms with Crippen molar-refractivity contribution in [2.75, 3.05) is 20.6 Å². The molecule has 2 rings (SSSR count). The predicted molar refractivity (Wildman–Crippen MR) is 89.3 cm³/mol. The van der Waals surface area contributed by atoms with E-state index in [1.54, 1.807) is 12.1 Å². The van der Waals surface area contributed by atoms with Gasteiger partial charge in [-0.15, -0.1) is 0 Å². The Morgan fingerprint density at radius 2 is 1.87 bits per heavy atom. The second kappa shape index (κ2) is 7.66. The van der Waals surface area contributed by atoms with Crippen LogP contribution in [0.1, 0.15) is 22.0 Å². The maximum atomic E-state index is 13.4. The van der Waals surface area contributed by atoms with Crippen LogP contribution in [0.15, 0.2) is 46.9 Å². The lowest BCUT2D eigenvalue weighted by molar-refractivity contribution is 0.0940. The van der Waals surface area contributed by atoms with E-state index in [2.05, 4.69) is 21.2 Å². The van der Waals surface area contributed by atoms with E-state index in [-0.39, 0.29) is 29.9 Å². The van der Waals surface area contributed by atoms with Crippen molar-refractivity contribution < 1.29 is 13.6 Å². The Morgan fingerprint density at radius 1 is 1.17 bits per heavy atom. The van der Waals surface area contributed by atoms with E-state index >= 15 is 0 Å². The molecule has 0 aliphatic rings. The molecule has 0 saturated heterocycles. The summed E-state index contributed by atoms with van der Waals surface area (Å²) >= 11 is 3.23. The molecular formula is C17H17BrF2N2O. The zero-order valence-electron chi connectivity index (χ0n) is 12.8. The molecule has 0 spiro atoms. The van der Waals surface area contributed by atoms with Crippen LogP contribution in [-0.4, -0.2) is 31.4 Å². The Morgan fingerprint density at radius 3 is 2.52 bits per heavy atom. The van der Waals surface area contributed by atoms with Crippen LogP contribution >= 0.6 is 15.9 Å². The maximum Gasteiger partial charge on any atom is 0.252 e. The fourth-order valence-electron chi connectivity index (χ4n) is 2.27. The minimum absolute atomic E-state index is 0.193. The van der Waals surface area contributed by atoms with Gasteiger partial charge in [0.1, 0.15) is 11.6 Å². The Balaban J connectivity index is 2.13. The number of likely N-dealkylation sites (N-methyl/N-ethyl adjacent to an activating group) is 1. The van der Waals surface area contributed by atoms with E-state index in [4.69, 9.17) is 0 Å². The van der Waals surface area contributed by atoms with Gasteiger partial charge in [-0.3, -0.25) is 4.79 Å². The van der Waals surface area contributed by atoms with Crippen LogP contribution < -0.4 is 5.32 Å². The first-order valence-corrected chi connectivity index (χ1v) is 7.83. The molecule has 0 saturated carbocycles. The first kappa shape index (κ1) is 17.6. The predicted octanol–water partition coefficient (Wildman–Crippen LogP) is 3.76. The second-order valence-electron chi connectivity index (χ2n) is 5.37. The molecule has 1 amide bonds. The van der Waals surface area contributed by atoms with Crippen molar-refractivity contribution in [2.45, 2.75) is 6.04 Å². The second-order valence-corrected chi connectivity index (χ2v) is 6.22. The molecule has 1 N–H and O–H groups in total. The van der Waals surface area contributed by atoms with Crippen LogP contribution in [0.4, 0.5) is 8.78 Å². The van der Waals surface area contributed by atoms with Crippen LogP contribution in [0.3, 0.4) is 0 Å². The van der Waals surface area contributed by atoms with Crippen LogP contribution in [0.5, 0.6) is 0 Å². The lowest BCUT2D eigenvalue weighted by atomic mass is 10.1. The van der Waals surface area contributed by atoms with Crippen molar-refractivity contribution >= 4 is 21.8 Å². The summed E-state index contributed by atoms with van der Waals surface area (Å²) in [7, 11) is 3.69. The first-order valence-electron chi connectivity index (χ1n) is 7.03. The van der Waals surface area contributed by atoms with Crippen LogP contribution in [0.2, 0.25) is 0 Å². The molecule has 1 atom stereocenters. The van der Waals surface area contributed by atoms with E-state index < -0.39 is 5.82 Å². The standard InChI is InChI=1S/C17H17BrF2N2O/c1-22(2)16(11-4-3-5-12(19)8-11)10-21-17(23)14-9-13(20)6-7-15(14)18/h3-9,16H,10H2,1-2H3,(H,21,23). The normalized spacial score (nSPS) is 12.3. The summed E-state index contributed by atoms with van der Waals surface area (Å²) in [6.07, 6.45) is 0. The van der Waals surface area contributed by atoms with Crippen molar-refractivity contribution in [1.82, 2.24) is 10.2 Å². The lowest BCUT2D eigenvalue weighted by Crippen LogP contribution is -2.34. The van der Waals surface area contributed by atoms with Gasteiger partial charge in [-0.05, 0) is 65.9 Å². The Hall–Kier alpha value is -1.79. The zero-order chi connectivity index (χ0) is 17.0. The number of rotatable bonds is 5. The van der Waals surface area contributed by atoms with Crippen molar-refractivity contribution in [3.63, 3.8) is 0 Å². The number of carbonyl (C=O) groups is 1. The van der Waals surface area contributed by atoms with Gasteiger partial charge in [0, 0.05) is 11.0 Å². The molecule has 3 nitrogen and oxygen atoms in total. The van der Waals surface area contributed by atoms with Gasteiger partial charge in [-0.1, -0.05) is 12.1 Å².